The molecule has 0 amide bonds. The number of aromatic nitrogens is 1. The van der Waals surface area contributed by atoms with Gasteiger partial charge in [0.1, 0.15) is 6.61 Å². The van der Waals surface area contributed by atoms with Gasteiger partial charge in [-0.25, -0.2) is 9.98 Å². The minimum absolute atomic E-state index is 0.505. The molecule has 0 bridgehead atoms. The number of hydrogen-bond donors (Lipinski definition) is 0. The van der Waals surface area contributed by atoms with E-state index in [0.717, 1.165) is 22.4 Å². The molecule has 0 spiro atoms. The first-order valence-electron chi connectivity index (χ1n) is 8.01. The summed E-state index contributed by atoms with van der Waals surface area (Å²) in [6.45, 7) is 9.64. The third kappa shape index (κ3) is 4.57. The third-order valence-electron chi connectivity index (χ3n) is 4.00. The molecule has 2 aromatic rings. The van der Waals surface area contributed by atoms with Crippen LogP contribution in [0.3, 0.4) is 0 Å². The Morgan fingerprint density at radius 1 is 1.25 bits per heavy atom. The van der Waals surface area contributed by atoms with Crippen LogP contribution in [-0.2, 0) is 6.61 Å². The largest absolute Gasteiger partial charge is 0.472 e. The highest BCUT2D eigenvalue weighted by atomic mass is 79.9. The molecule has 0 radical (unpaired) electrons. The maximum atomic E-state index is 5.95. The Labute approximate surface area is 152 Å². The highest BCUT2D eigenvalue weighted by Gasteiger charge is 2.10. The summed E-state index contributed by atoms with van der Waals surface area (Å²) in [5, 5.41) is 0. The summed E-state index contributed by atoms with van der Waals surface area (Å²) in [6.07, 6.45) is 1.81. The first-order chi connectivity index (χ1) is 11.4. The van der Waals surface area contributed by atoms with Crippen molar-refractivity contribution >= 4 is 28.0 Å². The van der Waals surface area contributed by atoms with Gasteiger partial charge in [0.15, 0.2) is 0 Å². The lowest BCUT2D eigenvalue weighted by molar-refractivity contribution is 0.290. The second kappa shape index (κ2) is 8.29. The van der Waals surface area contributed by atoms with E-state index >= 15 is 0 Å². The lowest BCUT2D eigenvalue weighted by atomic mass is 10.0. The van der Waals surface area contributed by atoms with E-state index in [4.69, 9.17) is 4.74 Å². The van der Waals surface area contributed by atoms with Gasteiger partial charge in [0.2, 0.25) is 5.88 Å². The minimum Gasteiger partial charge on any atom is -0.472 e. The highest BCUT2D eigenvalue weighted by Crippen LogP contribution is 2.30. The molecule has 24 heavy (non-hydrogen) atoms. The molecule has 0 atom stereocenters. The van der Waals surface area contributed by atoms with Crippen LogP contribution in [-0.4, -0.2) is 29.8 Å². The SMILES string of the molecule is CCN(C)/C=N/c1cc(Br)c(OCc2c(C)cccc2C)nc1C. The van der Waals surface area contributed by atoms with Gasteiger partial charge in [0.25, 0.3) is 0 Å². The molecule has 0 aliphatic heterocycles. The summed E-state index contributed by atoms with van der Waals surface area (Å²) in [6, 6.07) is 8.21. The van der Waals surface area contributed by atoms with Crippen molar-refractivity contribution in [1.29, 1.82) is 0 Å². The number of aryl methyl sites for hydroxylation is 3. The maximum absolute atomic E-state index is 5.95. The Hall–Kier alpha value is -1.88. The average Bonchev–Trinajstić information content (AvgIpc) is 2.55. The number of hydrogen-bond acceptors (Lipinski definition) is 3. The summed E-state index contributed by atoms with van der Waals surface area (Å²) in [7, 11) is 1.99. The van der Waals surface area contributed by atoms with Crippen molar-refractivity contribution in [3.8, 4) is 5.88 Å². The molecule has 1 aromatic heterocycles. The Balaban J connectivity index is 2.17. The molecule has 1 aromatic carbocycles. The Kier molecular flexibility index (Phi) is 6.37. The van der Waals surface area contributed by atoms with Gasteiger partial charge in [-0.15, -0.1) is 0 Å². The van der Waals surface area contributed by atoms with E-state index in [0.29, 0.717) is 12.5 Å². The summed E-state index contributed by atoms with van der Waals surface area (Å²) >= 11 is 3.54. The van der Waals surface area contributed by atoms with Gasteiger partial charge in [-0.1, -0.05) is 18.2 Å². The van der Waals surface area contributed by atoms with Crippen LogP contribution in [0, 0.1) is 20.8 Å². The first kappa shape index (κ1) is 18.5. The van der Waals surface area contributed by atoms with Gasteiger partial charge >= 0.3 is 0 Å². The number of nitrogens with zero attached hydrogens (tertiary/aromatic N) is 3. The number of benzene rings is 1. The van der Waals surface area contributed by atoms with Crippen molar-refractivity contribution in [2.45, 2.75) is 34.3 Å². The van der Waals surface area contributed by atoms with E-state index in [1.54, 1.807) is 0 Å². The number of pyridine rings is 1. The molecule has 2 rings (SSSR count). The zero-order valence-electron chi connectivity index (χ0n) is 14.9. The van der Waals surface area contributed by atoms with E-state index < -0.39 is 0 Å². The molecule has 0 aliphatic carbocycles. The lowest BCUT2D eigenvalue weighted by Gasteiger charge is -2.13. The second-order valence-electron chi connectivity index (χ2n) is 5.86. The molecule has 0 fully saturated rings. The van der Waals surface area contributed by atoms with E-state index in [-0.39, 0.29) is 0 Å². The fourth-order valence-corrected chi connectivity index (χ4v) is 2.66. The smallest absolute Gasteiger partial charge is 0.228 e. The molecule has 128 valence electrons. The zero-order valence-corrected chi connectivity index (χ0v) is 16.5. The Morgan fingerprint density at radius 2 is 1.92 bits per heavy atom. The summed E-state index contributed by atoms with van der Waals surface area (Å²) in [5.74, 6) is 0.595. The third-order valence-corrected chi connectivity index (χ3v) is 4.57. The van der Waals surface area contributed by atoms with Crippen LogP contribution in [0.2, 0.25) is 0 Å². The van der Waals surface area contributed by atoms with E-state index in [1.807, 2.05) is 31.3 Å². The highest BCUT2D eigenvalue weighted by molar-refractivity contribution is 9.10. The van der Waals surface area contributed by atoms with Gasteiger partial charge < -0.3 is 9.64 Å². The van der Waals surface area contributed by atoms with Crippen molar-refractivity contribution < 1.29 is 4.74 Å². The number of rotatable bonds is 6. The molecule has 0 unspecified atom stereocenters. The number of ether oxygens (including phenoxy) is 1. The van der Waals surface area contributed by atoms with E-state index in [1.165, 1.54) is 16.7 Å². The minimum atomic E-state index is 0.505. The lowest BCUT2D eigenvalue weighted by Crippen LogP contribution is -2.14. The molecular weight excluding hydrogens is 366 g/mol. The zero-order chi connectivity index (χ0) is 17.7. The summed E-state index contributed by atoms with van der Waals surface area (Å²) in [5.41, 5.74) is 5.34. The van der Waals surface area contributed by atoms with Crippen molar-refractivity contribution in [3.63, 3.8) is 0 Å². The van der Waals surface area contributed by atoms with Gasteiger partial charge in [0, 0.05) is 13.6 Å². The van der Waals surface area contributed by atoms with Crippen LogP contribution in [0.5, 0.6) is 5.88 Å². The molecule has 0 saturated heterocycles. The Morgan fingerprint density at radius 3 is 2.54 bits per heavy atom. The van der Waals surface area contributed by atoms with Crippen LogP contribution < -0.4 is 4.74 Å². The van der Waals surface area contributed by atoms with E-state index in [2.05, 4.69) is 64.9 Å². The summed E-state index contributed by atoms with van der Waals surface area (Å²) in [4.78, 5) is 11.0. The molecule has 0 N–H and O–H groups in total. The van der Waals surface area contributed by atoms with Crippen molar-refractivity contribution in [1.82, 2.24) is 9.88 Å². The predicted octanol–water partition coefficient (Wildman–Crippen LogP) is 4.96. The van der Waals surface area contributed by atoms with Crippen molar-refractivity contribution in [2.24, 2.45) is 4.99 Å². The Bertz CT molecular complexity index is 723. The van der Waals surface area contributed by atoms with Gasteiger partial charge in [-0.05, 0) is 66.4 Å². The first-order valence-corrected chi connectivity index (χ1v) is 8.81. The monoisotopic (exact) mass is 389 g/mol. The number of aliphatic imine (C=N–C) groups is 1. The van der Waals surface area contributed by atoms with Crippen molar-refractivity contribution in [2.75, 3.05) is 13.6 Å². The fourth-order valence-electron chi connectivity index (χ4n) is 2.24. The van der Waals surface area contributed by atoms with Crippen LogP contribution in [0.4, 0.5) is 5.69 Å². The van der Waals surface area contributed by atoms with Gasteiger partial charge in [-0.3, -0.25) is 0 Å². The number of halogens is 1. The van der Waals surface area contributed by atoms with E-state index in [9.17, 15) is 0 Å². The van der Waals surface area contributed by atoms with Crippen LogP contribution in [0.1, 0.15) is 29.3 Å². The molecule has 1 heterocycles. The van der Waals surface area contributed by atoms with Gasteiger partial charge in [-0.2, -0.15) is 0 Å². The van der Waals surface area contributed by atoms with Crippen LogP contribution in [0.25, 0.3) is 0 Å². The second-order valence-corrected chi connectivity index (χ2v) is 6.71. The fraction of sp³-hybridized carbons (Fsp3) is 0.368. The van der Waals surface area contributed by atoms with Crippen molar-refractivity contribution in [3.05, 3.63) is 51.1 Å². The standard InChI is InChI=1S/C19H24BrN3O/c1-6-23(5)12-21-18-10-17(20)19(22-15(18)4)24-11-16-13(2)8-7-9-14(16)3/h7-10,12H,6,11H2,1-5H3/b21-12+. The molecular formula is C19H24BrN3O. The predicted molar refractivity (Wildman–Crippen MR) is 103 cm³/mol. The quantitative estimate of drug-likeness (QED) is 0.517. The van der Waals surface area contributed by atoms with Crippen LogP contribution >= 0.6 is 15.9 Å². The van der Waals surface area contributed by atoms with Gasteiger partial charge in [0.05, 0.1) is 22.2 Å². The summed E-state index contributed by atoms with van der Waals surface area (Å²) < 4.78 is 6.76. The molecule has 0 aliphatic rings. The molecule has 4 nitrogen and oxygen atoms in total. The normalized spacial score (nSPS) is 11.1. The topological polar surface area (TPSA) is 37.7 Å². The molecule has 5 heteroatoms. The molecule has 0 saturated carbocycles. The maximum Gasteiger partial charge on any atom is 0.228 e. The average molecular weight is 390 g/mol. The van der Waals surface area contributed by atoms with Crippen LogP contribution in [0.15, 0.2) is 33.7 Å².